The number of benzene rings is 2. The quantitative estimate of drug-likeness (QED) is 0.309. The van der Waals surface area contributed by atoms with E-state index in [1.807, 2.05) is 54.8 Å². The number of rotatable bonds is 4. The number of hydrogen-bond acceptors (Lipinski definition) is 6. The van der Waals surface area contributed by atoms with Gasteiger partial charge in [-0.25, -0.2) is 9.38 Å². The molecule has 0 atom stereocenters. The number of aryl methyl sites for hydroxylation is 1. The fourth-order valence-electron chi connectivity index (χ4n) is 4.02. The highest BCUT2D eigenvalue weighted by molar-refractivity contribution is 7.15. The van der Waals surface area contributed by atoms with E-state index in [2.05, 4.69) is 4.98 Å². The molecule has 0 unspecified atom stereocenters. The molecule has 0 aliphatic rings. The predicted octanol–water partition coefficient (Wildman–Crippen LogP) is 3.78. The third kappa shape index (κ3) is 2.97. The Morgan fingerprint density at radius 1 is 1.16 bits per heavy atom. The lowest BCUT2D eigenvalue weighted by Crippen LogP contribution is -2.22. The molecule has 160 valence electrons. The maximum Gasteiger partial charge on any atom is 0.296 e. The Morgan fingerprint density at radius 2 is 1.94 bits per heavy atom. The number of imidazole rings is 1. The molecular weight excluding hydrogens is 428 g/mol. The molecule has 9 heteroatoms. The van der Waals surface area contributed by atoms with Crippen LogP contribution in [0.15, 0.2) is 53.3 Å². The van der Waals surface area contributed by atoms with Crippen LogP contribution in [0.3, 0.4) is 0 Å². The number of nitro benzene ring substituents is 1. The van der Waals surface area contributed by atoms with Crippen LogP contribution in [0, 0.1) is 24.0 Å². The van der Waals surface area contributed by atoms with Gasteiger partial charge in [0.1, 0.15) is 11.4 Å². The van der Waals surface area contributed by atoms with E-state index < -0.39 is 4.92 Å². The van der Waals surface area contributed by atoms with E-state index >= 15 is 0 Å². The predicted molar refractivity (Wildman–Crippen MR) is 124 cm³/mol. The van der Waals surface area contributed by atoms with Gasteiger partial charge in [-0.1, -0.05) is 23.5 Å². The van der Waals surface area contributed by atoms with Gasteiger partial charge in [0.2, 0.25) is 0 Å². The monoisotopic (exact) mass is 446 g/mol. The number of para-hydroxylation sites is 2. The molecule has 0 N–H and O–H groups in total. The molecule has 0 saturated carbocycles. The fraction of sp³-hybridized carbons (Fsp3) is 0.130. The Morgan fingerprint density at radius 3 is 2.69 bits per heavy atom. The van der Waals surface area contributed by atoms with Gasteiger partial charge in [0.05, 0.1) is 33.7 Å². The largest absolute Gasteiger partial charge is 0.496 e. The van der Waals surface area contributed by atoms with Gasteiger partial charge >= 0.3 is 0 Å². The zero-order valence-corrected chi connectivity index (χ0v) is 18.3. The lowest BCUT2D eigenvalue weighted by molar-refractivity contribution is -0.384. The number of fused-ring (bicyclic) bond motifs is 3. The molecular formula is C23H18N4O4S. The van der Waals surface area contributed by atoms with Crippen molar-refractivity contribution in [2.45, 2.75) is 13.8 Å². The minimum Gasteiger partial charge on any atom is -0.496 e. The Kier molecular flexibility index (Phi) is 4.56. The maximum atomic E-state index is 13.1. The molecule has 0 bridgehead atoms. The summed E-state index contributed by atoms with van der Waals surface area (Å²) in [7, 11) is 1.47. The lowest BCUT2D eigenvalue weighted by Gasteiger charge is -2.11. The minimum absolute atomic E-state index is 0.0525. The average molecular weight is 446 g/mol. The van der Waals surface area contributed by atoms with Crippen molar-refractivity contribution in [3.63, 3.8) is 0 Å². The molecule has 32 heavy (non-hydrogen) atoms. The van der Waals surface area contributed by atoms with Crippen LogP contribution >= 0.6 is 11.3 Å². The molecule has 0 aliphatic heterocycles. The van der Waals surface area contributed by atoms with Gasteiger partial charge in [-0.2, -0.15) is 0 Å². The van der Waals surface area contributed by atoms with E-state index in [1.165, 1.54) is 24.5 Å². The van der Waals surface area contributed by atoms with Crippen LogP contribution in [-0.4, -0.2) is 26.0 Å². The number of thiazole rings is 1. The summed E-state index contributed by atoms with van der Waals surface area (Å²) in [5, 5.41) is 11.7. The van der Waals surface area contributed by atoms with Crippen molar-refractivity contribution in [3.8, 4) is 11.4 Å². The van der Waals surface area contributed by atoms with E-state index in [0.29, 0.717) is 20.9 Å². The molecule has 0 spiro atoms. The smallest absolute Gasteiger partial charge is 0.296 e. The first-order valence-electron chi connectivity index (χ1n) is 9.82. The molecule has 3 aromatic heterocycles. The highest BCUT2D eigenvalue weighted by Crippen LogP contribution is 2.31. The summed E-state index contributed by atoms with van der Waals surface area (Å²) >= 11 is 1.33. The maximum absolute atomic E-state index is 13.1. The van der Waals surface area contributed by atoms with E-state index in [9.17, 15) is 14.9 Å². The van der Waals surface area contributed by atoms with Gasteiger partial charge in [-0.05, 0) is 55.8 Å². The summed E-state index contributed by atoms with van der Waals surface area (Å²) in [6.45, 7) is 3.76. The van der Waals surface area contributed by atoms with Crippen LogP contribution in [0.4, 0.5) is 5.69 Å². The van der Waals surface area contributed by atoms with Crippen molar-refractivity contribution in [2.75, 3.05) is 7.11 Å². The molecule has 0 fully saturated rings. The molecule has 0 saturated heterocycles. The zero-order valence-electron chi connectivity index (χ0n) is 17.5. The van der Waals surface area contributed by atoms with Crippen LogP contribution in [0.25, 0.3) is 27.8 Å². The van der Waals surface area contributed by atoms with Crippen LogP contribution in [0.5, 0.6) is 5.75 Å². The Bertz CT molecular complexity index is 1640. The van der Waals surface area contributed by atoms with E-state index in [1.54, 1.807) is 16.5 Å². The number of hydrogen-bond donors (Lipinski definition) is 0. The van der Waals surface area contributed by atoms with Crippen molar-refractivity contribution in [2.24, 2.45) is 0 Å². The SMILES string of the molecule is COc1ccc(-n2c(C)cc(/C=c3\sc4nc5ccccc5n4c3=O)c2C)c([N+](=O)[O-])c1. The normalized spacial score (nSPS) is 12.2. The highest BCUT2D eigenvalue weighted by Gasteiger charge is 2.21. The van der Waals surface area contributed by atoms with Crippen LogP contribution in [0.1, 0.15) is 17.0 Å². The summed E-state index contributed by atoms with van der Waals surface area (Å²) in [6, 6.07) is 14.2. The van der Waals surface area contributed by atoms with E-state index in [0.717, 1.165) is 28.0 Å². The standard InChI is InChI=1S/C23H18N4O4S/c1-13-10-15(14(2)25(13)19-9-8-16(31-3)12-20(19)27(29)30)11-21-22(28)26-18-7-5-4-6-17(18)24-23(26)32-21/h4-12H,1-3H3/b21-11-. The number of aromatic nitrogens is 3. The van der Waals surface area contributed by atoms with Crippen molar-refractivity contribution >= 4 is 39.1 Å². The zero-order chi connectivity index (χ0) is 22.6. The van der Waals surface area contributed by atoms with Crippen molar-refractivity contribution < 1.29 is 9.66 Å². The number of nitrogens with zero attached hydrogens (tertiary/aromatic N) is 4. The lowest BCUT2D eigenvalue weighted by atomic mass is 10.2. The molecule has 0 amide bonds. The van der Waals surface area contributed by atoms with E-state index in [-0.39, 0.29) is 11.2 Å². The first-order valence-corrected chi connectivity index (χ1v) is 10.6. The summed E-state index contributed by atoms with van der Waals surface area (Å²) in [6.07, 6.45) is 1.82. The van der Waals surface area contributed by atoms with Crippen LogP contribution in [-0.2, 0) is 0 Å². The molecule has 5 aromatic rings. The Hall–Kier alpha value is -3.98. The number of methoxy groups -OCH3 is 1. The number of ether oxygens (including phenoxy) is 1. The second kappa shape index (κ2) is 7.31. The fourth-order valence-corrected chi connectivity index (χ4v) is 5.00. The third-order valence-electron chi connectivity index (χ3n) is 5.52. The average Bonchev–Trinajstić information content (AvgIpc) is 3.38. The second-order valence-corrected chi connectivity index (χ2v) is 8.42. The topological polar surface area (TPSA) is 91.7 Å². The summed E-state index contributed by atoms with van der Waals surface area (Å²) in [5.41, 5.74) is 4.27. The minimum atomic E-state index is -0.421. The van der Waals surface area contributed by atoms with Crippen molar-refractivity contribution in [3.05, 3.63) is 90.5 Å². The highest BCUT2D eigenvalue weighted by atomic mass is 32.1. The Balaban J connectivity index is 1.69. The first kappa shape index (κ1) is 20.0. The van der Waals surface area contributed by atoms with Crippen molar-refractivity contribution in [1.82, 2.24) is 14.0 Å². The molecule has 0 aliphatic carbocycles. The molecule has 2 aromatic carbocycles. The Labute approximate surface area is 185 Å². The summed E-state index contributed by atoms with van der Waals surface area (Å²) in [5.74, 6) is 0.417. The van der Waals surface area contributed by atoms with Crippen molar-refractivity contribution in [1.29, 1.82) is 0 Å². The molecule has 8 nitrogen and oxygen atoms in total. The third-order valence-corrected chi connectivity index (χ3v) is 6.49. The summed E-state index contributed by atoms with van der Waals surface area (Å²) < 4.78 is 9.15. The molecule has 3 heterocycles. The van der Waals surface area contributed by atoms with Gasteiger partial charge in [-0.3, -0.25) is 14.9 Å². The van der Waals surface area contributed by atoms with Gasteiger partial charge in [0.15, 0.2) is 4.96 Å². The van der Waals surface area contributed by atoms with Crippen LogP contribution < -0.4 is 14.8 Å². The van der Waals surface area contributed by atoms with Gasteiger partial charge in [0.25, 0.3) is 11.2 Å². The summed E-state index contributed by atoms with van der Waals surface area (Å²) in [4.78, 5) is 29.5. The molecule has 0 radical (unpaired) electrons. The van der Waals surface area contributed by atoms with E-state index in [4.69, 9.17) is 4.74 Å². The van der Waals surface area contributed by atoms with Gasteiger partial charge in [0, 0.05) is 11.4 Å². The van der Waals surface area contributed by atoms with Gasteiger partial charge < -0.3 is 9.30 Å². The van der Waals surface area contributed by atoms with Crippen LogP contribution in [0.2, 0.25) is 0 Å². The van der Waals surface area contributed by atoms with Gasteiger partial charge in [-0.15, -0.1) is 0 Å². The first-order chi connectivity index (χ1) is 15.4. The number of nitro groups is 1. The second-order valence-electron chi connectivity index (χ2n) is 7.41. The molecule has 5 rings (SSSR count).